The van der Waals surface area contributed by atoms with Gasteiger partial charge in [-0.15, -0.1) is 0 Å². The van der Waals surface area contributed by atoms with Crippen LogP contribution in [0.5, 0.6) is 0 Å². The monoisotopic (exact) mass is 381 g/mol. The van der Waals surface area contributed by atoms with Crippen LogP contribution >= 0.6 is 0 Å². The first-order valence-corrected chi connectivity index (χ1v) is 10.3. The molecule has 0 aliphatic heterocycles. The van der Waals surface area contributed by atoms with Crippen molar-refractivity contribution in [2.75, 3.05) is 10.0 Å². The Morgan fingerprint density at radius 3 is 2.22 bits per heavy atom. The standard InChI is InChI=1S/C21H23N3O2S/c1-4-17-7-9-18(10-8-17)24-27(25,26)20-6-5-11-22-21(20)23-19-13-15(2)12-16(3)14-19/h5-14,24H,4H2,1-3H3,(H,22,23). The fourth-order valence-electron chi connectivity index (χ4n) is 2.90. The van der Waals surface area contributed by atoms with Gasteiger partial charge in [-0.3, -0.25) is 4.72 Å². The Morgan fingerprint density at radius 1 is 0.926 bits per heavy atom. The van der Waals surface area contributed by atoms with Crippen LogP contribution < -0.4 is 10.0 Å². The van der Waals surface area contributed by atoms with Gasteiger partial charge in [-0.2, -0.15) is 0 Å². The van der Waals surface area contributed by atoms with Crippen LogP contribution in [0.1, 0.15) is 23.6 Å². The highest BCUT2D eigenvalue weighted by molar-refractivity contribution is 7.92. The number of rotatable bonds is 6. The number of hydrogen-bond acceptors (Lipinski definition) is 4. The minimum Gasteiger partial charge on any atom is -0.339 e. The van der Waals surface area contributed by atoms with Gasteiger partial charge in [0, 0.05) is 17.6 Å². The fourth-order valence-corrected chi connectivity index (χ4v) is 4.08. The third-order valence-electron chi connectivity index (χ3n) is 4.16. The molecule has 2 aromatic carbocycles. The molecular weight excluding hydrogens is 358 g/mol. The molecule has 140 valence electrons. The summed E-state index contributed by atoms with van der Waals surface area (Å²) < 4.78 is 28.4. The molecule has 0 bridgehead atoms. The maximum absolute atomic E-state index is 12.9. The summed E-state index contributed by atoms with van der Waals surface area (Å²) in [6.45, 7) is 6.05. The molecule has 0 aliphatic carbocycles. The maximum Gasteiger partial charge on any atom is 0.265 e. The van der Waals surface area contributed by atoms with Crippen molar-refractivity contribution in [2.24, 2.45) is 0 Å². The number of anilines is 3. The number of hydrogen-bond donors (Lipinski definition) is 2. The molecule has 5 nitrogen and oxygen atoms in total. The lowest BCUT2D eigenvalue weighted by atomic mass is 10.1. The smallest absolute Gasteiger partial charge is 0.265 e. The van der Waals surface area contributed by atoms with Crippen molar-refractivity contribution in [3.63, 3.8) is 0 Å². The predicted molar refractivity (Wildman–Crippen MR) is 110 cm³/mol. The molecule has 27 heavy (non-hydrogen) atoms. The highest BCUT2D eigenvalue weighted by atomic mass is 32.2. The van der Waals surface area contributed by atoms with E-state index in [9.17, 15) is 8.42 Å². The molecule has 0 radical (unpaired) electrons. The van der Waals surface area contributed by atoms with Gasteiger partial charge < -0.3 is 5.32 Å². The summed E-state index contributed by atoms with van der Waals surface area (Å²) in [6.07, 6.45) is 2.47. The van der Waals surface area contributed by atoms with E-state index < -0.39 is 10.0 Å². The molecule has 0 unspecified atom stereocenters. The number of nitrogens with zero attached hydrogens (tertiary/aromatic N) is 1. The molecule has 0 saturated carbocycles. The van der Waals surface area contributed by atoms with E-state index in [4.69, 9.17) is 0 Å². The Morgan fingerprint density at radius 2 is 1.59 bits per heavy atom. The second-order valence-corrected chi connectivity index (χ2v) is 8.16. The summed E-state index contributed by atoms with van der Waals surface area (Å²) in [7, 11) is -3.78. The van der Waals surface area contributed by atoms with Crippen molar-refractivity contribution in [2.45, 2.75) is 32.1 Å². The van der Waals surface area contributed by atoms with E-state index in [0.717, 1.165) is 28.8 Å². The van der Waals surface area contributed by atoms with E-state index in [1.165, 1.54) is 0 Å². The predicted octanol–water partition coefficient (Wildman–Crippen LogP) is 4.81. The molecule has 6 heteroatoms. The SMILES string of the molecule is CCc1ccc(NS(=O)(=O)c2cccnc2Nc2cc(C)cc(C)c2)cc1. The van der Waals surface area contributed by atoms with Crippen LogP contribution in [0.3, 0.4) is 0 Å². The normalized spacial score (nSPS) is 11.2. The lowest BCUT2D eigenvalue weighted by Gasteiger charge is -2.14. The van der Waals surface area contributed by atoms with Gasteiger partial charge in [0.05, 0.1) is 0 Å². The first-order chi connectivity index (χ1) is 12.9. The molecule has 1 heterocycles. The molecule has 1 aromatic heterocycles. The van der Waals surface area contributed by atoms with Crippen LogP contribution in [0, 0.1) is 13.8 Å². The molecule has 0 fully saturated rings. The third-order valence-corrected chi connectivity index (χ3v) is 5.57. The van der Waals surface area contributed by atoms with E-state index in [0.29, 0.717) is 11.5 Å². The zero-order valence-electron chi connectivity index (χ0n) is 15.7. The fraction of sp³-hybridized carbons (Fsp3) is 0.190. The number of nitrogens with one attached hydrogen (secondary N) is 2. The lowest BCUT2D eigenvalue weighted by Crippen LogP contribution is -2.15. The van der Waals surface area contributed by atoms with Gasteiger partial charge in [-0.1, -0.05) is 25.1 Å². The van der Waals surface area contributed by atoms with Gasteiger partial charge in [0.2, 0.25) is 0 Å². The van der Waals surface area contributed by atoms with Gasteiger partial charge in [0.15, 0.2) is 5.82 Å². The maximum atomic E-state index is 12.9. The average Bonchev–Trinajstić information content (AvgIpc) is 2.61. The highest BCUT2D eigenvalue weighted by Crippen LogP contribution is 2.26. The Bertz CT molecular complexity index is 1030. The number of aryl methyl sites for hydroxylation is 3. The first-order valence-electron chi connectivity index (χ1n) is 8.79. The van der Waals surface area contributed by atoms with Crippen molar-refractivity contribution in [3.05, 3.63) is 77.5 Å². The van der Waals surface area contributed by atoms with E-state index in [-0.39, 0.29) is 4.90 Å². The van der Waals surface area contributed by atoms with Crippen LogP contribution in [-0.4, -0.2) is 13.4 Å². The summed E-state index contributed by atoms with van der Waals surface area (Å²) in [5.41, 5.74) is 4.65. The molecule has 0 aliphatic rings. The third kappa shape index (κ3) is 4.65. The average molecular weight is 382 g/mol. The minimum absolute atomic E-state index is 0.101. The molecule has 0 amide bonds. The topological polar surface area (TPSA) is 71.1 Å². The van der Waals surface area contributed by atoms with Gasteiger partial charge in [0.25, 0.3) is 10.0 Å². The quantitative estimate of drug-likeness (QED) is 0.643. The summed E-state index contributed by atoms with van der Waals surface area (Å²) in [4.78, 5) is 4.34. The lowest BCUT2D eigenvalue weighted by molar-refractivity contribution is 0.601. The van der Waals surface area contributed by atoms with Crippen molar-refractivity contribution < 1.29 is 8.42 Å². The van der Waals surface area contributed by atoms with Crippen molar-refractivity contribution in [1.82, 2.24) is 4.98 Å². The Kier molecular flexibility index (Phi) is 5.46. The Hall–Kier alpha value is -2.86. The van der Waals surface area contributed by atoms with Crippen LogP contribution in [0.25, 0.3) is 0 Å². The summed E-state index contributed by atoms with van der Waals surface area (Å²) in [5.74, 6) is 0.292. The zero-order valence-corrected chi connectivity index (χ0v) is 16.5. The van der Waals surface area contributed by atoms with E-state index >= 15 is 0 Å². The Balaban J connectivity index is 1.91. The number of aromatic nitrogens is 1. The molecule has 0 atom stereocenters. The van der Waals surface area contributed by atoms with E-state index in [2.05, 4.69) is 28.0 Å². The van der Waals surface area contributed by atoms with Crippen LogP contribution in [0.2, 0.25) is 0 Å². The van der Waals surface area contributed by atoms with Crippen LogP contribution in [0.15, 0.2) is 65.7 Å². The summed E-state index contributed by atoms with van der Waals surface area (Å²) >= 11 is 0. The Labute approximate surface area is 160 Å². The first kappa shape index (κ1) is 18.9. The summed E-state index contributed by atoms with van der Waals surface area (Å²) in [6, 6.07) is 16.5. The zero-order chi connectivity index (χ0) is 19.4. The van der Waals surface area contributed by atoms with Gasteiger partial charge in [0.1, 0.15) is 4.90 Å². The van der Waals surface area contributed by atoms with Gasteiger partial charge in [-0.05, 0) is 73.4 Å². The second-order valence-electron chi connectivity index (χ2n) is 6.51. The molecule has 3 rings (SSSR count). The van der Waals surface area contributed by atoms with Gasteiger partial charge in [-0.25, -0.2) is 13.4 Å². The second kappa shape index (κ2) is 7.80. The molecular formula is C21H23N3O2S. The largest absolute Gasteiger partial charge is 0.339 e. The van der Waals surface area contributed by atoms with Crippen LogP contribution in [-0.2, 0) is 16.4 Å². The van der Waals surface area contributed by atoms with Gasteiger partial charge >= 0.3 is 0 Å². The van der Waals surface area contributed by atoms with Crippen LogP contribution in [0.4, 0.5) is 17.2 Å². The number of sulfonamides is 1. The van der Waals surface area contributed by atoms with Crippen molar-refractivity contribution >= 4 is 27.2 Å². The molecule has 0 saturated heterocycles. The van der Waals surface area contributed by atoms with E-state index in [1.807, 2.05) is 38.1 Å². The molecule has 2 N–H and O–H groups in total. The highest BCUT2D eigenvalue weighted by Gasteiger charge is 2.20. The number of pyridine rings is 1. The minimum atomic E-state index is -3.78. The summed E-state index contributed by atoms with van der Waals surface area (Å²) in [5, 5.41) is 3.13. The number of benzene rings is 2. The molecule has 3 aromatic rings. The molecule has 0 spiro atoms. The van der Waals surface area contributed by atoms with Crippen molar-refractivity contribution in [3.8, 4) is 0 Å². The van der Waals surface area contributed by atoms with Crippen molar-refractivity contribution in [1.29, 1.82) is 0 Å². The van der Waals surface area contributed by atoms with E-state index in [1.54, 1.807) is 30.5 Å².